The van der Waals surface area contributed by atoms with Crippen LogP contribution in [-0.4, -0.2) is 11.7 Å². The smallest absolute Gasteiger partial charge is 0.0433 e. The second-order valence-corrected chi connectivity index (χ2v) is 4.67. The van der Waals surface area contributed by atoms with E-state index >= 15 is 0 Å². The molecule has 2 fully saturated rings. The van der Waals surface area contributed by atoms with Gasteiger partial charge in [-0.15, -0.1) is 0 Å². The number of rotatable bonds is 3. The zero-order chi connectivity index (χ0) is 8.55. The molecule has 0 spiro atoms. The topological polar surface area (TPSA) is 20.2 Å². The first kappa shape index (κ1) is 8.55. The van der Waals surface area contributed by atoms with E-state index in [1.54, 1.807) is 0 Å². The SMILES string of the molecule is CCC1CC2CC1CC2CCO. The first-order valence-corrected chi connectivity index (χ1v) is 5.46. The third-order valence-electron chi connectivity index (χ3n) is 4.17. The molecule has 0 saturated heterocycles. The molecule has 2 aliphatic rings. The monoisotopic (exact) mass is 168 g/mol. The molecule has 12 heavy (non-hydrogen) atoms. The molecule has 0 aromatic carbocycles. The Balaban J connectivity index is 1.89. The van der Waals surface area contributed by atoms with E-state index in [1.165, 1.54) is 25.7 Å². The first-order chi connectivity index (χ1) is 5.85. The van der Waals surface area contributed by atoms with Crippen LogP contribution in [0, 0.1) is 23.7 Å². The van der Waals surface area contributed by atoms with Crippen LogP contribution < -0.4 is 0 Å². The molecule has 1 nitrogen and oxygen atoms in total. The van der Waals surface area contributed by atoms with Crippen molar-refractivity contribution in [3.63, 3.8) is 0 Å². The Morgan fingerprint density at radius 1 is 1.08 bits per heavy atom. The summed E-state index contributed by atoms with van der Waals surface area (Å²) in [5, 5.41) is 8.88. The maximum atomic E-state index is 8.88. The van der Waals surface area contributed by atoms with Gasteiger partial charge in [-0.3, -0.25) is 0 Å². The van der Waals surface area contributed by atoms with Gasteiger partial charge >= 0.3 is 0 Å². The highest BCUT2D eigenvalue weighted by Gasteiger charge is 2.44. The number of aliphatic hydroxyl groups excluding tert-OH is 1. The molecule has 0 amide bonds. The number of fused-ring (bicyclic) bond motifs is 2. The molecular weight excluding hydrogens is 148 g/mol. The Morgan fingerprint density at radius 3 is 2.25 bits per heavy atom. The Kier molecular flexibility index (Phi) is 2.40. The molecular formula is C11H20O. The third-order valence-corrected chi connectivity index (χ3v) is 4.17. The Labute approximate surface area is 75.2 Å². The van der Waals surface area contributed by atoms with Gasteiger partial charge in [-0.25, -0.2) is 0 Å². The fourth-order valence-corrected chi connectivity index (χ4v) is 3.53. The van der Waals surface area contributed by atoms with Crippen LogP contribution in [0.15, 0.2) is 0 Å². The van der Waals surface area contributed by atoms with Gasteiger partial charge in [-0.05, 0) is 49.4 Å². The van der Waals surface area contributed by atoms with E-state index in [0.717, 1.165) is 30.1 Å². The van der Waals surface area contributed by atoms with Gasteiger partial charge in [-0.1, -0.05) is 13.3 Å². The molecule has 70 valence electrons. The molecule has 0 aliphatic heterocycles. The van der Waals surface area contributed by atoms with E-state index in [1.807, 2.05) is 0 Å². The normalized spacial score (nSPS) is 45.5. The quantitative estimate of drug-likeness (QED) is 0.686. The van der Waals surface area contributed by atoms with Crippen molar-refractivity contribution in [3.05, 3.63) is 0 Å². The second kappa shape index (κ2) is 3.37. The van der Waals surface area contributed by atoms with Crippen LogP contribution in [0.1, 0.15) is 39.0 Å². The summed E-state index contributed by atoms with van der Waals surface area (Å²) in [5.74, 6) is 3.91. The van der Waals surface area contributed by atoms with E-state index in [0.29, 0.717) is 6.61 Å². The molecule has 1 N–H and O–H groups in total. The van der Waals surface area contributed by atoms with Gasteiger partial charge in [0.1, 0.15) is 0 Å². The lowest BCUT2D eigenvalue weighted by atomic mass is 9.80. The summed E-state index contributed by atoms with van der Waals surface area (Å²) in [7, 11) is 0. The number of aliphatic hydroxyl groups is 1. The Bertz CT molecular complexity index is 155. The molecule has 2 bridgehead atoms. The summed E-state index contributed by atoms with van der Waals surface area (Å²) in [6, 6.07) is 0. The highest BCUT2D eigenvalue weighted by molar-refractivity contribution is 4.94. The lowest BCUT2D eigenvalue weighted by Gasteiger charge is -2.26. The van der Waals surface area contributed by atoms with Crippen molar-refractivity contribution in [2.24, 2.45) is 23.7 Å². The number of hydrogen-bond donors (Lipinski definition) is 1. The largest absolute Gasteiger partial charge is 0.396 e. The van der Waals surface area contributed by atoms with Gasteiger partial charge in [0.2, 0.25) is 0 Å². The predicted octanol–water partition coefficient (Wildman–Crippen LogP) is 2.44. The highest BCUT2D eigenvalue weighted by atomic mass is 16.3. The van der Waals surface area contributed by atoms with Crippen LogP contribution in [0.2, 0.25) is 0 Å². The predicted molar refractivity (Wildman–Crippen MR) is 49.8 cm³/mol. The van der Waals surface area contributed by atoms with Crippen molar-refractivity contribution in [1.82, 2.24) is 0 Å². The maximum Gasteiger partial charge on any atom is 0.0433 e. The van der Waals surface area contributed by atoms with Gasteiger partial charge < -0.3 is 5.11 Å². The average Bonchev–Trinajstić information content (AvgIpc) is 2.62. The summed E-state index contributed by atoms with van der Waals surface area (Å²) in [6.45, 7) is 2.73. The average molecular weight is 168 g/mol. The van der Waals surface area contributed by atoms with Crippen LogP contribution in [0.5, 0.6) is 0 Å². The van der Waals surface area contributed by atoms with Crippen LogP contribution in [0.3, 0.4) is 0 Å². The summed E-state index contributed by atoms with van der Waals surface area (Å²) in [4.78, 5) is 0. The fourth-order valence-electron chi connectivity index (χ4n) is 3.53. The zero-order valence-corrected chi connectivity index (χ0v) is 8.00. The lowest BCUT2D eigenvalue weighted by Crippen LogP contribution is -2.18. The number of hydrogen-bond acceptors (Lipinski definition) is 1. The highest BCUT2D eigenvalue weighted by Crippen LogP contribution is 2.53. The van der Waals surface area contributed by atoms with E-state index in [-0.39, 0.29) is 0 Å². The van der Waals surface area contributed by atoms with Gasteiger partial charge in [-0.2, -0.15) is 0 Å². The van der Waals surface area contributed by atoms with Gasteiger partial charge in [0, 0.05) is 6.61 Å². The van der Waals surface area contributed by atoms with E-state index < -0.39 is 0 Å². The van der Waals surface area contributed by atoms with Gasteiger partial charge in [0.25, 0.3) is 0 Å². The molecule has 0 aromatic rings. The molecule has 4 unspecified atom stereocenters. The molecule has 0 radical (unpaired) electrons. The third kappa shape index (κ3) is 1.28. The van der Waals surface area contributed by atoms with Crippen LogP contribution >= 0.6 is 0 Å². The second-order valence-electron chi connectivity index (χ2n) is 4.67. The Hall–Kier alpha value is -0.0400. The van der Waals surface area contributed by atoms with Gasteiger partial charge in [0.05, 0.1) is 0 Å². The van der Waals surface area contributed by atoms with Crippen molar-refractivity contribution in [2.75, 3.05) is 6.61 Å². The lowest BCUT2D eigenvalue weighted by molar-refractivity contribution is 0.193. The summed E-state index contributed by atoms with van der Waals surface area (Å²) < 4.78 is 0. The van der Waals surface area contributed by atoms with E-state index in [9.17, 15) is 0 Å². The van der Waals surface area contributed by atoms with Crippen LogP contribution in [0.25, 0.3) is 0 Å². The van der Waals surface area contributed by atoms with Crippen molar-refractivity contribution in [2.45, 2.75) is 39.0 Å². The summed E-state index contributed by atoms with van der Waals surface area (Å²) in [5.41, 5.74) is 0. The minimum absolute atomic E-state index is 0.407. The van der Waals surface area contributed by atoms with Crippen molar-refractivity contribution >= 4 is 0 Å². The Morgan fingerprint density at radius 2 is 1.75 bits per heavy atom. The molecule has 0 aromatic heterocycles. The molecule has 1 heteroatoms. The fraction of sp³-hybridized carbons (Fsp3) is 1.00. The van der Waals surface area contributed by atoms with E-state index in [2.05, 4.69) is 6.92 Å². The first-order valence-electron chi connectivity index (χ1n) is 5.46. The maximum absolute atomic E-state index is 8.88. The summed E-state index contributed by atoms with van der Waals surface area (Å²) in [6.07, 6.45) is 6.81. The molecule has 2 rings (SSSR count). The van der Waals surface area contributed by atoms with Crippen LogP contribution in [-0.2, 0) is 0 Å². The minimum atomic E-state index is 0.407. The van der Waals surface area contributed by atoms with Crippen molar-refractivity contribution < 1.29 is 5.11 Å². The molecule has 2 saturated carbocycles. The van der Waals surface area contributed by atoms with Crippen LogP contribution in [0.4, 0.5) is 0 Å². The minimum Gasteiger partial charge on any atom is -0.396 e. The zero-order valence-electron chi connectivity index (χ0n) is 8.00. The van der Waals surface area contributed by atoms with Crippen molar-refractivity contribution in [1.29, 1.82) is 0 Å². The standard InChI is InChI=1S/C11H20O/c1-2-8-5-11-7-10(8)6-9(11)3-4-12/h8-12H,2-7H2,1H3. The van der Waals surface area contributed by atoms with E-state index in [4.69, 9.17) is 5.11 Å². The molecule has 4 atom stereocenters. The molecule has 2 aliphatic carbocycles. The molecule has 0 heterocycles. The summed E-state index contributed by atoms with van der Waals surface area (Å²) >= 11 is 0. The van der Waals surface area contributed by atoms with Gasteiger partial charge in [0.15, 0.2) is 0 Å². The van der Waals surface area contributed by atoms with Crippen molar-refractivity contribution in [3.8, 4) is 0 Å².